The average molecular weight is 191 g/mol. The Balaban J connectivity index is 2.55. The van der Waals surface area contributed by atoms with Gasteiger partial charge < -0.3 is 10.1 Å². The summed E-state index contributed by atoms with van der Waals surface area (Å²) < 4.78 is 5.09. The molecule has 1 aromatic heterocycles. The minimum absolute atomic E-state index is 0.147. The van der Waals surface area contributed by atoms with Crippen LogP contribution in [0.3, 0.4) is 0 Å². The smallest absolute Gasteiger partial charge is 0.142 e. The predicted molar refractivity (Wildman–Crippen MR) is 53.9 cm³/mol. The van der Waals surface area contributed by atoms with Gasteiger partial charge in [-0.05, 0) is 19.1 Å². The van der Waals surface area contributed by atoms with Crippen LogP contribution in [0.4, 0.5) is 5.69 Å². The molecule has 0 spiro atoms. The first kappa shape index (κ1) is 10.5. The Hall–Kier alpha value is -1.60. The van der Waals surface area contributed by atoms with Crippen LogP contribution < -0.4 is 5.32 Å². The molecule has 4 nitrogen and oxygen atoms in total. The number of nitrogens with one attached hydrogen (secondary N) is 1. The fourth-order valence-corrected chi connectivity index (χ4v) is 0.947. The highest BCUT2D eigenvalue weighted by molar-refractivity contribution is 5.45. The third-order valence-electron chi connectivity index (χ3n) is 1.87. The zero-order valence-electron chi connectivity index (χ0n) is 8.32. The Labute approximate surface area is 83.5 Å². The maximum Gasteiger partial charge on any atom is 0.142 e. The van der Waals surface area contributed by atoms with E-state index in [9.17, 15) is 0 Å². The van der Waals surface area contributed by atoms with Gasteiger partial charge in [-0.3, -0.25) is 0 Å². The molecule has 0 aliphatic rings. The van der Waals surface area contributed by atoms with Crippen LogP contribution >= 0.6 is 0 Å². The van der Waals surface area contributed by atoms with Crippen LogP contribution in [0.25, 0.3) is 0 Å². The van der Waals surface area contributed by atoms with Crippen LogP contribution in [0.5, 0.6) is 0 Å². The second kappa shape index (κ2) is 5.20. The second-order valence-corrected chi connectivity index (χ2v) is 2.97. The molecule has 1 atom stereocenters. The Morgan fingerprint density at radius 3 is 3.14 bits per heavy atom. The van der Waals surface area contributed by atoms with Crippen LogP contribution in [-0.2, 0) is 4.74 Å². The molecule has 0 bridgehead atoms. The molecule has 1 heterocycles. The van der Waals surface area contributed by atoms with E-state index in [1.165, 1.54) is 0 Å². The monoisotopic (exact) mass is 191 g/mol. The van der Waals surface area contributed by atoms with Crippen LogP contribution in [0.15, 0.2) is 18.3 Å². The molecule has 4 heteroatoms. The summed E-state index contributed by atoms with van der Waals surface area (Å²) in [6.45, 7) is 2.69. The number of nitriles is 1. The van der Waals surface area contributed by atoms with Gasteiger partial charge in [-0.25, -0.2) is 4.98 Å². The average Bonchev–Trinajstić information content (AvgIpc) is 2.26. The number of aromatic nitrogens is 1. The molecule has 0 aromatic carbocycles. The largest absolute Gasteiger partial charge is 0.382 e. The molecule has 1 rings (SSSR count). The summed E-state index contributed by atoms with van der Waals surface area (Å²) in [6.07, 6.45) is 1.76. The van der Waals surface area contributed by atoms with Crippen molar-refractivity contribution in [1.82, 2.24) is 4.98 Å². The number of anilines is 1. The van der Waals surface area contributed by atoms with Crippen LogP contribution in [0.1, 0.15) is 12.6 Å². The topological polar surface area (TPSA) is 57.9 Å². The maximum absolute atomic E-state index is 8.62. The minimum Gasteiger partial charge on any atom is -0.382 e. The molecule has 0 fully saturated rings. The van der Waals surface area contributed by atoms with Crippen LogP contribution in [-0.4, -0.2) is 24.7 Å². The first-order valence-electron chi connectivity index (χ1n) is 4.39. The van der Waals surface area contributed by atoms with Gasteiger partial charge in [0.1, 0.15) is 11.8 Å². The molecule has 1 unspecified atom stereocenters. The summed E-state index contributed by atoms with van der Waals surface area (Å²) >= 11 is 0. The van der Waals surface area contributed by atoms with Crippen molar-refractivity contribution in [2.45, 2.75) is 13.0 Å². The van der Waals surface area contributed by atoms with E-state index in [0.29, 0.717) is 12.2 Å². The molecule has 0 amide bonds. The SMILES string of the molecule is COC(C)CNc1ccnc(C#N)c1. The molecular formula is C10H13N3O. The van der Waals surface area contributed by atoms with Gasteiger partial charge >= 0.3 is 0 Å². The zero-order valence-corrected chi connectivity index (χ0v) is 8.32. The first-order chi connectivity index (χ1) is 6.76. The van der Waals surface area contributed by atoms with Crippen molar-refractivity contribution in [1.29, 1.82) is 5.26 Å². The highest BCUT2D eigenvalue weighted by Gasteiger charge is 1.99. The van der Waals surface area contributed by atoms with Gasteiger partial charge in [0.2, 0.25) is 0 Å². The Morgan fingerprint density at radius 2 is 2.50 bits per heavy atom. The molecular weight excluding hydrogens is 178 g/mol. The van der Waals surface area contributed by atoms with Crippen LogP contribution in [0.2, 0.25) is 0 Å². The standard InChI is InChI=1S/C10H13N3O/c1-8(14-2)7-13-9-3-4-12-10(5-9)6-11/h3-5,8H,7H2,1-2H3,(H,12,13). The maximum atomic E-state index is 8.62. The number of hydrogen-bond donors (Lipinski definition) is 1. The van der Waals surface area contributed by atoms with Gasteiger partial charge in [-0.15, -0.1) is 0 Å². The van der Waals surface area contributed by atoms with Gasteiger partial charge in [0, 0.05) is 25.5 Å². The molecule has 0 radical (unpaired) electrons. The van der Waals surface area contributed by atoms with E-state index in [1.807, 2.05) is 19.1 Å². The highest BCUT2D eigenvalue weighted by Crippen LogP contribution is 2.07. The Kier molecular flexibility index (Phi) is 3.89. The molecule has 0 aliphatic heterocycles. The van der Waals surface area contributed by atoms with E-state index < -0.39 is 0 Å². The van der Waals surface area contributed by atoms with Crippen molar-refractivity contribution in [3.63, 3.8) is 0 Å². The van der Waals surface area contributed by atoms with Crippen molar-refractivity contribution in [3.05, 3.63) is 24.0 Å². The summed E-state index contributed by atoms with van der Waals surface area (Å²) in [5.41, 5.74) is 1.31. The third kappa shape index (κ3) is 3.04. The van der Waals surface area contributed by atoms with Crippen molar-refractivity contribution in [2.24, 2.45) is 0 Å². The lowest BCUT2D eigenvalue weighted by atomic mass is 10.3. The van der Waals surface area contributed by atoms with E-state index in [-0.39, 0.29) is 6.10 Å². The fourth-order valence-electron chi connectivity index (χ4n) is 0.947. The van der Waals surface area contributed by atoms with E-state index in [1.54, 1.807) is 19.4 Å². The zero-order chi connectivity index (χ0) is 10.4. The number of hydrogen-bond acceptors (Lipinski definition) is 4. The fraction of sp³-hybridized carbons (Fsp3) is 0.400. The highest BCUT2D eigenvalue weighted by atomic mass is 16.5. The van der Waals surface area contributed by atoms with Crippen molar-refractivity contribution in [3.8, 4) is 6.07 Å². The quantitative estimate of drug-likeness (QED) is 0.781. The minimum atomic E-state index is 0.147. The molecule has 1 N–H and O–H groups in total. The Bertz CT molecular complexity index is 332. The van der Waals surface area contributed by atoms with Crippen molar-refractivity contribution < 1.29 is 4.74 Å². The summed E-state index contributed by atoms with van der Waals surface area (Å²) in [4.78, 5) is 3.87. The predicted octanol–water partition coefficient (Wildman–Crippen LogP) is 1.40. The molecule has 0 aliphatic carbocycles. The molecule has 74 valence electrons. The molecule has 1 aromatic rings. The summed E-state index contributed by atoms with van der Waals surface area (Å²) in [6, 6.07) is 5.52. The van der Waals surface area contributed by atoms with Gasteiger partial charge in [-0.2, -0.15) is 5.26 Å². The van der Waals surface area contributed by atoms with Gasteiger partial charge in [0.05, 0.1) is 6.10 Å². The lowest BCUT2D eigenvalue weighted by Gasteiger charge is -2.11. The lowest BCUT2D eigenvalue weighted by Crippen LogP contribution is -2.18. The number of nitrogens with zero attached hydrogens (tertiary/aromatic N) is 2. The summed E-state index contributed by atoms with van der Waals surface area (Å²) in [7, 11) is 1.67. The van der Waals surface area contributed by atoms with Gasteiger partial charge in [0.15, 0.2) is 0 Å². The number of pyridine rings is 1. The number of rotatable bonds is 4. The third-order valence-corrected chi connectivity index (χ3v) is 1.87. The molecule has 0 saturated carbocycles. The van der Waals surface area contributed by atoms with Gasteiger partial charge in [-0.1, -0.05) is 0 Å². The second-order valence-electron chi connectivity index (χ2n) is 2.97. The summed E-state index contributed by atoms with van der Waals surface area (Å²) in [5.74, 6) is 0. The first-order valence-corrected chi connectivity index (χ1v) is 4.39. The van der Waals surface area contributed by atoms with Gasteiger partial charge in [0.25, 0.3) is 0 Å². The number of methoxy groups -OCH3 is 1. The normalized spacial score (nSPS) is 11.8. The van der Waals surface area contributed by atoms with E-state index in [2.05, 4.69) is 10.3 Å². The van der Waals surface area contributed by atoms with E-state index in [4.69, 9.17) is 10.00 Å². The van der Waals surface area contributed by atoms with Crippen LogP contribution in [0, 0.1) is 11.3 Å². The van der Waals surface area contributed by atoms with E-state index in [0.717, 1.165) is 5.69 Å². The Morgan fingerprint density at radius 1 is 1.71 bits per heavy atom. The van der Waals surface area contributed by atoms with Crippen molar-refractivity contribution in [2.75, 3.05) is 19.0 Å². The van der Waals surface area contributed by atoms with Crippen molar-refractivity contribution >= 4 is 5.69 Å². The number of ether oxygens (including phenoxy) is 1. The lowest BCUT2D eigenvalue weighted by molar-refractivity contribution is 0.129. The molecule has 14 heavy (non-hydrogen) atoms. The summed E-state index contributed by atoms with van der Waals surface area (Å²) in [5, 5.41) is 11.8. The van der Waals surface area contributed by atoms with E-state index >= 15 is 0 Å². The molecule has 0 saturated heterocycles.